The number of carboxylic acids is 1. The summed E-state index contributed by atoms with van der Waals surface area (Å²) in [5.41, 5.74) is 3.24. The fourth-order valence-corrected chi connectivity index (χ4v) is 1.11. The monoisotopic (exact) mass is 178 g/mol. The molecule has 1 aliphatic carbocycles. The number of quaternary nitrogens is 1. The molecular formula is C7H10F2NO2+. The number of carbonyl (C=O) groups is 1. The van der Waals surface area contributed by atoms with Crippen LogP contribution in [0.2, 0.25) is 0 Å². The van der Waals surface area contributed by atoms with Gasteiger partial charge in [0.05, 0.1) is 0 Å². The molecule has 0 aromatic carbocycles. The van der Waals surface area contributed by atoms with Crippen LogP contribution in [0.25, 0.3) is 0 Å². The minimum absolute atomic E-state index is 0.0425. The molecule has 0 unspecified atom stereocenters. The van der Waals surface area contributed by atoms with Crippen LogP contribution in [0.4, 0.5) is 8.78 Å². The Kier molecular flexibility index (Phi) is 2.14. The van der Waals surface area contributed by atoms with E-state index in [2.05, 4.69) is 5.73 Å². The fourth-order valence-electron chi connectivity index (χ4n) is 1.11. The molecule has 68 valence electrons. The third kappa shape index (κ3) is 1.61. The van der Waals surface area contributed by atoms with E-state index in [1.54, 1.807) is 0 Å². The van der Waals surface area contributed by atoms with Gasteiger partial charge in [0, 0.05) is 12.0 Å². The second kappa shape index (κ2) is 2.82. The Morgan fingerprint density at radius 1 is 1.75 bits per heavy atom. The quantitative estimate of drug-likeness (QED) is 0.595. The molecule has 0 aliphatic heterocycles. The van der Waals surface area contributed by atoms with E-state index in [-0.39, 0.29) is 12.0 Å². The van der Waals surface area contributed by atoms with Crippen LogP contribution >= 0.6 is 0 Å². The molecule has 0 bridgehead atoms. The van der Waals surface area contributed by atoms with Gasteiger partial charge in [0.15, 0.2) is 6.04 Å². The summed E-state index contributed by atoms with van der Waals surface area (Å²) >= 11 is 0. The van der Waals surface area contributed by atoms with Gasteiger partial charge in [-0.15, -0.1) is 0 Å². The SMILES string of the molecule is [NH3+][C@H]1C=C(C(=O)O)CCC1(F)F. The summed E-state index contributed by atoms with van der Waals surface area (Å²) in [5, 5.41) is 8.49. The smallest absolute Gasteiger partial charge is 0.331 e. The van der Waals surface area contributed by atoms with Crippen molar-refractivity contribution < 1.29 is 24.4 Å². The first kappa shape index (κ1) is 9.12. The van der Waals surface area contributed by atoms with Crippen molar-refractivity contribution in [3.05, 3.63) is 11.6 Å². The lowest BCUT2D eigenvalue weighted by molar-refractivity contribution is -0.446. The molecule has 0 fully saturated rings. The van der Waals surface area contributed by atoms with Crippen LogP contribution < -0.4 is 5.73 Å². The largest absolute Gasteiger partial charge is 0.478 e. The Labute approximate surface area is 67.9 Å². The Balaban J connectivity index is 2.82. The number of hydrogen-bond acceptors (Lipinski definition) is 1. The van der Waals surface area contributed by atoms with Gasteiger partial charge in [-0.1, -0.05) is 0 Å². The zero-order chi connectivity index (χ0) is 9.35. The molecule has 0 aromatic rings. The minimum Gasteiger partial charge on any atom is -0.478 e. The van der Waals surface area contributed by atoms with Crippen LogP contribution in [-0.4, -0.2) is 23.0 Å². The number of carboxylic acid groups (broad SMARTS) is 1. The first-order valence-electron chi connectivity index (χ1n) is 3.58. The van der Waals surface area contributed by atoms with Crippen molar-refractivity contribution >= 4 is 5.97 Å². The van der Waals surface area contributed by atoms with E-state index in [1.807, 2.05) is 0 Å². The standard InChI is InChI=1S/C7H9F2NO2/c8-7(9)2-1-4(6(11)12)3-5(7)10/h3,5H,1-2,10H2,(H,11,12)/p+1/t5-/m0/s1. The summed E-state index contributed by atoms with van der Waals surface area (Å²) in [6, 6.07) is -1.21. The van der Waals surface area contributed by atoms with Crippen LogP contribution in [0.5, 0.6) is 0 Å². The molecule has 4 N–H and O–H groups in total. The first-order valence-corrected chi connectivity index (χ1v) is 3.58. The first-order chi connectivity index (χ1) is 5.43. The van der Waals surface area contributed by atoms with Gasteiger partial charge in [-0.3, -0.25) is 0 Å². The van der Waals surface area contributed by atoms with Crippen molar-refractivity contribution in [3.8, 4) is 0 Å². The predicted molar refractivity (Wildman–Crippen MR) is 36.6 cm³/mol. The molecule has 0 amide bonds. The van der Waals surface area contributed by atoms with E-state index in [1.165, 1.54) is 0 Å². The molecular weight excluding hydrogens is 168 g/mol. The summed E-state index contributed by atoms with van der Waals surface area (Å²) in [5.74, 6) is -3.97. The van der Waals surface area contributed by atoms with Crippen LogP contribution in [0.1, 0.15) is 12.8 Å². The van der Waals surface area contributed by atoms with E-state index >= 15 is 0 Å². The summed E-state index contributed by atoms with van der Waals surface area (Å²) < 4.78 is 25.5. The van der Waals surface area contributed by atoms with Crippen molar-refractivity contribution in [2.45, 2.75) is 24.8 Å². The average molecular weight is 178 g/mol. The van der Waals surface area contributed by atoms with Gasteiger partial charge < -0.3 is 10.8 Å². The van der Waals surface area contributed by atoms with E-state index in [4.69, 9.17) is 5.11 Å². The lowest BCUT2D eigenvalue weighted by Crippen LogP contribution is -2.68. The highest BCUT2D eigenvalue weighted by molar-refractivity contribution is 5.86. The number of halogens is 2. The molecule has 0 saturated carbocycles. The zero-order valence-electron chi connectivity index (χ0n) is 6.39. The van der Waals surface area contributed by atoms with E-state index < -0.39 is 24.4 Å². The molecule has 1 aliphatic rings. The number of rotatable bonds is 1. The maximum absolute atomic E-state index is 12.7. The molecule has 1 atom stereocenters. The van der Waals surface area contributed by atoms with Crippen molar-refractivity contribution in [2.24, 2.45) is 0 Å². The van der Waals surface area contributed by atoms with Gasteiger partial charge in [0.25, 0.3) is 0 Å². The maximum Gasteiger partial charge on any atom is 0.331 e. The third-order valence-electron chi connectivity index (χ3n) is 1.95. The van der Waals surface area contributed by atoms with Gasteiger partial charge in [-0.25, -0.2) is 4.79 Å². The van der Waals surface area contributed by atoms with Crippen LogP contribution in [0.15, 0.2) is 11.6 Å². The number of aliphatic carboxylic acids is 1. The molecule has 0 spiro atoms. The molecule has 0 radical (unpaired) electrons. The molecule has 3 nitrogen and oxygen atoms in total. The second-order valence-electron chi connectivity index (χ2n) is 2.86. The van der Waals surface area contributed by atoms with Crippen molar-refractivity contribution in [3.63, 3.8) is 0 Å². The summed E-state index contributed by atoms with van der Waals surface area (Å²) in [6.07, 6.45) is 0.541. The van der Waals surface area contributed by atoms with Crippen LogP contribution in [0, 0.1) is 0 Å². The van der Waals surface area contributed by atoms with Crippen LogP contribution in [-0.2, 0) is 4.79 Å². The zero-order valence-corrected chi connectivity index (χ0v) is 6.39. The highest BCUT2D eigenvalue weighted by Crippen LogP contribution is 2.30. The number of hydrogen-bond donors (Lipinski definition) is 2. The van der Waals surface area contributed by atoms with Gasteiger partial charge >= 0.3 is 11.9 Å². The van der Waals surface area contributed by atoms with Gasteiger partial charge in [0.2, 0.25) is 0 Å². The summed E-state index contributed by atoms with van der Waals surface area (Å²) in [4.78, 5) is 10.4. The fraction of sp³-hybridized carbons (Fsp3) is 0.571. The lowest BCUT2D eigenvalue weighted by Gasteiger charge is -2.23. The molecule has 0 saturated heterocycles. The highest BCUT2D eigenvalue weighted by Gasteiger charge is 2.42. The normalized spacial score (nSPS) is 27.9. The predicted octanol–water partition coefficient (Wildman–Crippen LogP) is 0.0370. The summed E-state index contributed by atoms with van der Waals surface area (Å²) in [7, 11) is 0. The van der Waals surface area contributed by atoms with Gasteiger partial charge in [-0.05, 0) is 12.5 Å². The molecule has 0 aromatic heterocycles. The Bertz CT molecular complexity index is 238. The van der Waals surface area contributed by atoms with Crippen molar-refractivity contribution in [1.82, 2.24) is 0 Å². The number of alkyl halides is 2. The maximum atomic E-state index is 12.7. The minimum atomic E-state index is -2.85. The lowest BCUT2D eigenvalue weighted by atomic mass is 9.93. The highest BCUT2D eigenvalue weighted by atomic mass is 19.3. The van der Waals surface area contributed by atoms with E-state index in [9.17, 15) is 13.6 Å². The van der Waals surface area contributed by atoms with E-state index in [0.29, 0.717) is 0 Å². The van der Waals surface area contributed by atoms with Gasteiger partial charge in [0.1, 0.15) is 0 Å². The van der Waals surface area contributed by atoms with Gasteiger partial charge in [-0.2, -0.15) is 8.78 Å². The molecule has 5 heteroatoms. The third-order valence-corrected chi connectivity index (χ3v) is 1.95. The van der Waals surface area contributed by atoms with Crippen molar-refractivity contribution in [2.75, 3.05) is 0 Å². The topological polar surface area (TPSA) is 64.9 Å². The Hall–Kier alpha value is -0.970. The molecule has 12 heavy (non-hydrogen) atoms. The van der Waals surface area contributed by atoms with Crippen LogP contribution in [0.3, 0.4) is 0 Å². The van der Waals surface area contributed by atoms with E-state index in [0.717, 1.165) is 6.08 Å². The second-order valence-corrected chi connectivity index (χ2v) is 2.86. The summed E-state index contributed by atoms with van der Waals surface area (Å²) in [6.45, 7) is 0. The molecule has 1 rings (SSSR count). The molecule has 0 heterocycles. The Morgan fingerprint density at radius 3 is 2.75 bits per heavy atom. The average Bonchev–Trinajstić information content (AvgIpc) is 1.94. The van der Waals surface area contributed by atoms with Crippen molar-refractivity contribution in [1.29, 1.82) is 0 Å². The Morgan fingerprint density at radius 2 is 2.33 bits per heavy atom.